The average Bonchev–Trinajstić information content (AvgIpc) is 3.11. The summed E-state index contributed by atoms with van der Waals surface area (Å²) < 4.78 is 0. The van der Waals surface area contributed by atoms with Gasteiger partial charge in [-0.15, -0.1) is 0 Å². The van der Waals surface area contributed by atoms with E-state index < -0.39 is 0 Å². The standard InChI is InChI=1S/C11H15N3O/c1-12-10-6-3-8(7-13-10)11(15)14(2)9-4-5-9/h3,6-7,9H,4-5H2,1-2H3,(H,12,13). The zero-order chi connectivity index (χ0) is 10.8. The van der Waals surface area contributed by atoms with Gasteiger partial charge in [0, 0.05) is 26.3 Å². The minimum absolute atomic E-state index is 0.0626. The van der Waals surface area contributed by atoms with Gasteiger partial charge in [-0.3, -0.25) is 4.79 Å². The van der Waals surface area contributed by atoms with Gasteiger partial charge in [-0.2, -0.15) is 0 Å². The first-order valence-electron chi connectivity index (χ1n) is 5.13. The molecule has 0 atom stereocenters. The molecule has 1 aromatic heterocycles. The first-order chi connectivity index (χ1) is 7.22. The van der Waals surface area contributed by atoms with Crippen LogP contribution in [0, 0.1) is 0 Å². The Balaban J connectivity index is 2.10. The molecule has 0 spiro atoms. The summed E-state index contributed by atoms with van der Waals surface area (Å²) in [5.41, 5.74) is 0.656. The van der Waals surface area contributed by atoms with Crippen LogP contribution in [0.25, 0.3) is 0 Å². The van der Waals surface area contributed by atoms with Gasteiger partial charge in [-0.05, 0) is 25.0 Å². The van der Waals surface area contributed by atoms with Crippen LogP contribution in [0.2, 0.25) is 0 Å². The van der Waals surface area contributed by atoms with Crippen molar-refractivity contribution in [3.8, 4) is 0 Å². The molecule has 0 aromatic carbocycles. The second-order valence-corrected chi connectivity index (χ2v) is 3.83. The van der Waals surface area contributed by atoms with E-state index in [1.807, 2.05) is 13.1 Å². The van der Waals surface area contributed by atoms with Crippen molar-refractivity contribution in [2.24, 2.45) is 0 Å². The third-order valence-electron chi connectivity index (χ3n) is 2.68. The summed E-state index contributed by atoms with van der Waals surface area (Å²) in [6.45, 7) is 0. The number of nitrogens with one attached hydrogen (secondary N) is 1. The molecule has 1 aromatic rings. The highest BCUT2D eigenvalue weighted by Gasteiger charge is 2.30. The predicted octanol–water partition coefficient (Wildman–Crippen LogP) is 1.36. The first-order valence-corrected chi connectivity index (χ1v) is 5.13. The zero-order valence-electron chi connectivity index (χ0n) is 9.03. The van der Waals surface area contributed by atoms with Crippen LogP contribution in [-0.4, -0.2) is 35.9 Å². The van der Waals surface area contributed by atoms with Crippen molar-refractivity contribution in [2.45, 2.75) is 18.9 Å². The normalized spacial score (nSPS) is 14.8. The Morgan fingerprint density at radius 3 is 2.73 bits per heavy atom. The van der Waals surface area contributed by atoms with Gasteiger partial charge in [0.25, 0.3) is 5.91 Å². The maximum Gasteiger partial charge on any atom is 0.255 e. The fraction of sp³-hybridized carbons (Fsp3) is 0.455. The van der Waals surface area contributed by atoms with Gasteiger partial charge in [-0.1, -0.05) is 0 Å². The van der Waals surface area contributed by atoms with Crippen LogP contribution in [0.3, 0.4) is 0 Å². The molecular weight excluding hydrogens is 190 g/mol. The molecule has 0 aliphatic heterocycles. The van der Waals surface area contributed by atoms with Crippen LogP contribution in [0.15, 0.2) is 18.3 Å². The molecule has 80 valence electrons. The lowest BCUT2D eigenvalue weighted by molar-refractivity contribution is 0.0784. The van der Waals surface area contributed by atoms with Crippen LogP contribution in [0.1, 0.15) is 23.2 Å². The Morgan fingerprint density at radius 1 is 1.53 bits per heavy atom. The van der Waals surface area contributed by atoms with Crippen molar-refractivity contribution in [2.75, 3.05) is 19.4 Å². The molecule has 1 amide bonds. The van der Waals surface area contributed by atoms with E-state index >= 15 is 0 Å². The number of carbonyl (C=O) groups excluding carboxylic acids is 1. The fourth-order valence-corrected chi connectivity index (χ4v) is 1.50. The van der Waals surface area contributed by atoms with Gasteiger partial charge in [0.2, 0.25) is 0 Å². The Bertz CT molecular complexity index is 357. The van der Waals surface area contributed by atoms with E-state index in [4.69, 9.17) is 0 Å². The molecule has 1 saturated carbocycles. The van der Waals surface area contributed by atoms with E-state index in [2.05, 4.69) is 10.3 Å². The van der Waals surface area contributed by atoms with E-state index in [-0.39, 0.29) is 5.91 Å². The minimum Gasteiger partial charge on any atom is -0.373 e. The second kappa shape index (κ2) is 3.88. The number of rotatable bonds is 3. The molecule has 15 heavy (non-hydrogen) atoms. The highest BCUT2D eigenvalue weighted by atomic mass is 16.2. The Hall–Kier alpha value is -1.58. The van der Waals surface area contributed by atoms with Gasteiger partial charge in [0.05, 0.1) is 5.56 Å². The highest BCUT2D eigenvalue weighted by Crippen LogP contribution is 2.26. The maximum absolute atomic E-state index is 11.9. The number of nitrogens with zero attached hydrogens (tertiary/aromatic N) is 2. The van der Waals surface area contributed by atoms with E-state index in [1.54, 1.807) is 24.2 Å². The summed E-state index contributed by atoms with van der Waals surface area (Å²) >= 11 is 0. The molecular formula is C11H15N3O. The van der Waals surface area contributed by atoms with Crippen LogP contribution in [0.5, 0.6) is 0 Å². The Morgan fingerprint density at radius 2 is 2.27 bits per heavy atom. The molecule has 2 rings (SSSR count). The molecule has 1 N–H and O–H groups in total. The van der Waals surface area contributed by atoms with Crippen LogP contribution in [-0.2, 0) is 0 Å². The van der Waals surface area contributed by atoms with Crippen molar-refractivity contribution in [3.05, 3.63) is 23.9 Å². The van der Waals surface area contributed by atoms with Crippen molar-refractivity contribution >= 4 is 11.7 Å². The van der Waals surface area contributed by atoms with Crippen LogP contribution in [0.4, 0.5) is 5.82 Å². The molecule has 4 heteroatoms. The molecule has 1 aliphatic carbocycles. The Kier molecular flexibility index (Phi) is 2.58. The summed E-state index contributed by atoms with van der Waals surface area (Å²) in [4.78, 5) is 17.8. The topological polar surface area (TPSA) is 45.2 Å². The largest absolute Gasteiger partial charge is 0.373 e. The average molecular weight is 205 g/mol. The molecule has 1 fully saturated rings. The summed E-state index contributed by atoms with van der Waals surface area (Å²) in [5, 5.41) is 2.92. The fourth-order valence-electron chi connectivity index (χ4n) is 1.50. The smallest absolute Gasteiger partial charge is 0.255 e. The number of hydrogen-bond acceptors (Lipinski definition) is 3. The molecule has 0 unspecified atom stereocenters. The number of amides is 1. The van der Waals surface area contributed by atoms with E-state index in [0.717, 1.165) is 18.7 Å². The molecule has 0 saturated heterocycles. The third kappa shape index (κ3) is 2.09. The lowest BCUT2D eigenvalue weighted by atomic mass is 10.2. The number of carbonyl (C=O) groups is 1. The number of pyridine rings is 1. The van der Waals surface area contributed by atoms with Crippen molar-refractivity contribution in [3.63, 3.8) is 0 Å². The molecule has 1 aliphatic rings. The number of hydrogen-bond donors (Lipinski definition) is 1. The van der Waals surface area contributed by atoms with Gasteiger partial charge in [0.1, 0.15) is 5.82 Å². The number of anilines is 1. The first kappa shape index (κ1) is 9.96. The molecule has 0 bridgehead atoms. The molecule has 4 nitrogen and oxygen atoms in total. The van der Waals surface area contributed by atoms with Crippen LogP contribution >= 0.6 is 0 Å². The summed E-state index contributed by atoms with van der Waals surface area (Å²) in [6, 6.07) is 4.06. The van der Waals surface area contributed by atoms with Crippen LogP contribution < -0.4 is 5.32 Å². The van der Waals surface area contributed by atoms with Crippen molar-refractivity contribution in [1.29, 1.82) is 0 Å². The Labute approximate surface area is 89.3 Å². The monoisotopic (exact) mass is 205 g/mol. The summed E-state index contributed by atoms with van der Waals surface area (Å²) in [6.07, 6.45) is 3.88. The lowest BCUT2D eigenvalue weighted by Crippen LogP contribution is -2.28. The third-order valence-corrected chi connectivity index (χ3v) is 2.68. The zero-order valence-corrected chi connectivity index (χ0v) is 9.03. The minimum atomic E-state index is 0.0626. The lowest BCUT2D eigenvalue weighted by Gasteiger charge is -2.15. The van der Waals surface area contributed by atoms with E-state index in [1.165, 1.54) is 0 Å². The van der Waals surface area contributed by atoms with E-state index in [9.17, 15) is 4.79 Å². The molecule has 0 radical (unpaired) electrons. The summed E-state index contributed by atoms with van der Waals surface area (Å²) in [5.74, 6) is 0.841. The molecule has 1 heterocycles. The SMILES string of the molecule is CNc1ccc(C(=O)N(C)C2CC2)cn1. The van der Waals surface area contributed by atoms with E-state index in [0.29, 0.717) is 11.6 Å². The maximum atomic E-state index is 11.9. The summed E-state index contributed by atoms with van der Waals surface area (Å²) in [7, 11) is 3.66. The second-order valence-electron chi connectivity index (χ2n) is 3.83. The van der Waals surface area contributed by atoms with Gasteiger partial charge in [0.15, 0.2) is 0 Å². The van der Waals surface area contributed by atoms with Gasteiger partial charge in [-0.25, -0.2) is 4.98 Å². The highest BCUT2D eigenvalue weighted by molar-refractivity contribution is 5.94. The number of aromatic nitrogens is 1. The van der Waals surface area contributed by atoms with Gasteiger partial charge < -0.3 is 10.2 Å². The predicted molar refractivity (Wildman–Crippen MR) is 58.9 cm³/mol. The van der Waals surface area contributed by atoms with Gasteiger partial charge >= 0.3 is 0 Å². The quantitative estimate of drug-likeness (QED) is 0.810. The van der Waals surface area contributed by atoms with Crippen molar-refractivity contribution in [1.82, 2.24) is 9.88 Å². The van der Waals surface area contributed by atoms with Crippen molar-refractivity contribution < 1.29 is 4.79 Å².